The van der Waals surface area contributed by atoms with E-state index in [4.69, 9.17) is 4.74 Å². The van der Waals surface area contributed by atoms with Gasteiger partial charge in [-0.15, -0.1) is 11.8 Å². The molecule has 0 bridgehead atoms. The SMILES string of the molecule is CC(C)(C)OC(=O)C1=C(C[N+]2(C)CCN(c3c(F)cc4c(=O)c(C(=O)O)cn(CCF)c4c3F)CC2)CS[C@@H]2[C@H](NC=O)C(=O)N12.[I-]. The molecule has 3 aliphatic heterocycles. The molecule has 47 heavy (non-hydrogen) atoms. The van der Waals surface area contributed by atoms with Crippen LogP contribution in [0.5, 0.6) is 0 Å². The van der Waals surface area contributed by atoms with E-state index in [2.05, 4.69) is 5.32 Å². The van der Waals surface area contributed by atoms with E-state index in [1.165, 1.54) is 21.6 Å². The maximum atomic E-state index is 16.0. The van der Waals surface area contributed by atoms with Crippen molar-refractivity contribution in [3.8, 4) is 0 Å². The average Bonchev–Trinajstić information content (AvgIpc) is 2.97. The van der Waals surface area contributed by atoms with Gasteiger partial charge in [-0.2, -0.15) is 0 Å². The van der Waals surface area contributed by atoms with Gasteiger partial charge in [0.25, 0.3) is 5.91 Å². The van der Waals surface area contributed by atoms with Crippen LogP contribution in [0.4, 0.5) is 18.9 Å². The summed E-state index contributed by atoms with van der Waals surface area (Å²) < 4.78 is 51.8. The number of halogens is 4. The van der Waals surface area contributed by atoms with Crippen LogP contribution in [-0.2, 0) is 25.7 Å². The van der Waals surface area contributed by atoms with Crippen molar-refractivity contribution in [3.63, 3.8) is 0 Å². The van der Waals surface area contributed by atoms with Crippen LogP contribution in [0.2, 0.25) is 0 Å². The third-order valence-electron chi connectivity index (χ3n) is 8.38. The van der Waals surface area contributed by atoms with Crippen LogP contribution in [0.25, 0.3) is 10.9 Å². The smallest absolute Gasteiger partial charge is 0.355 e. The molecule has 2 N–H and O–H groups in total. The number of β-lactam (4-membered cyclic amide) rings is 1. The summed E-state index contributed by atoms with van der Waals surface area (Å²) in [4.78, 5) is 64.6. The molecule has 0 unspecified atom stereocenters. The van der Waals surface area contributed by atoms with E-state index < -0.39 is 81.8 Å². The molecule has 0 spiro atoms. The Balaban J connectivity index is 0.00000500. The monoisotopic (exact) mass is 793 g/mol. The Kier molecular flexibility index (Phi) is 10.6. The molecule has 2 amide bonds. The predicted molar refractivity (Wildman–Crippen MR) is 163 cm³/mol. The Labute approximate surface area is 289 Å². The zero-order chi connectivity index (χ0) is 33.7. The lowest BCUT2D eigenvalue weighted by atomic mass is 10.0. The molecule has 5 rings (SSSR count). The van der Waals surface area contributed by atoms with Gasteiger partial charge in [0.15, 0.2) is 5.82 Å². The van der Waals surface area contributed by atoms with Crippen molar-refractivity contribution in [2.45, 2.75) is 44.3 Å². The van der Waals surface area contributed by atoms with Crippen molar-refractivity contribution in [2.24, 2.45) is 0 Å². The lowest BCUT2D eigenvalue weighted by molar-refractivity contribution is -0.905. The average molecular weight is 794 g/mol. The van der Waals surface area contributed by atoms with Gasteiger partial charge in [-0.3, -0.25) is 19.3 Å². The van der Waals surface area contributed by atoms with E-state index in [0.717, 1.165) is 16.8 Å². The van der Waals surface area contributed by atoms with Gasteiger partial charge in [0.05, 0.1) is 50.7 Å². The van der Waals surface area contributed by atoms with Gasteiger partial charge < -0.3 is 53.1 Å². The van der Waals surface area contributed by atoms with Gasteiger partial charge in [-0.25, -0.2) is 22.8 Å². The molecule has 2 atom stereocenters. The minimum absolute atomic E-state index is 0. The lowest BCUT2D eigenvalue weighted by Gasteiger charge is -2.50. The number of carbonyl (C=O) groups is 4. The molecule has 12 nitrogen and oxygen atoms in total. The molecule has 17 heteroatoms. The number of carbonyl (C=O) groups excluding carboxylic acids is 3. The minimum Gasteiger partial charge on any atom is -1.00 e. The zero-order valence-corrected chi connectivity index (χ0v) is 29.1. The summed E-state index contributed by atoms with van der Waals surface area (Å²) in [6, 6.07) is 0.0446. The highest BCUT2D eigenvalue weighted by atomic mass is 127. The minimum atomic E-state index is -1.59. The second-order valence-electron chi connectivity index (χ2n) is 12.8. The summed E-state index contributed by atoms with van der Waals surface area (Å²) in [5.41, 5.74) is -2.58. The number of hydrogen-bond acceptors (Lipinski definition) is 8. The van der Waals surface area contributed by atoms with E-state index in [0.29, 0.717) is 41.9 Å². The summed E-state index contributed by atoms with van der Waals surface area (Å²) >= 11 is 1.42. The van der Waals surface area contributed by atoms with Gasteiger partial charge in [0.2, 0.25) is 11.8 Å². The quantitative estimate of drug-likeness (QED) is 0.106. The molecule has 2 aromatic rings. The Hall–Kier alpha value is -3.32. The van der Waals surface area contributed by atoms with Gasteiger partial charge >= 0.3 is 11.9 Å². The number of carboxylic acid groups (broad SMARTS) is 1. The van der Waals surface area contributed by atoms with Gasteiger partial charge in [0.1, 0.15) is 53.0 Å². The number of hydrogen-bond donors (Lipinski definition) is 2. The van der Waals surface area contributed by atoms with Crippen LogP contribution in [0, 0.1) is 11.6 Å². The third-order valence-corrected chi connectivity index (χ3v) is 9.72. The predicted octanol–water partition coefficient (Wildman–Crippen LogP) is -1.16. The topological polar surface area (TPSA) is 138 Å². The van der Waals surface area contributed by atoms with E-state index >= 15 is 8.78 Å². The molecule has 2 fully saturated rings. The number of quaternary nitrogens is 1. The molecule has 3 aliphatic rings. The molecular weight excluding hydrogens is 758 g/mol. The first-order valence-electron chi connectivity index (χ1n) is 14.6. The number of carboxylic acids is 1. The van der Waals surface area contributed by atoms with E-state index in [1.807, 2.05) is 7.05 Å². The summed E-state index contributed by atoms with van der Waals surface area (Å²) in [5.74, 6) is -4.40. The molecule has 0 saturated carbocycles. The molecule has 1 aromatic carbocycles. The highest BCUT2D eigenvalue weighted by Crippen LogP contribution is 2.42. The molecule has 1 aromatic heterocycles. The van der Waals surface area contributed by atoms with Crippen molar-refractivity contribution >= 4 is 52.6 Å². The summed E-state index contributed by atoms with van der Waals surface area (Å²) in [7, 11) is 1.93. The maximum Gasteiger partial charge on any atom is 0.355 e. The van der Waals surface area contributed by atoms with Crippen LogP contribution >= 0.6 is 11.8 Å². The number of fused-ring (bicyclic) bond motifs is 2. The van der Waals surface area contributed by atoms with Crippen LogP contribution in [0.1, 0.15) is 31.1 Å². The number of esters is 1. The standard InChI is InChI=1S/C30H34F3N5O7S.HI/c1-30(2,3)45-29(44)22-16(14-46-27-21(34-15-39)26(41)37(22)27)13-38(4)9-7-35(8-10-38)24-19(32)11-17-23(20(24)33)36(6-5-31)12-18(25(17)40)28(42)43;/h11-12,15,21,27H,5-10,13-14H2,1-4H3,(H-,34,39,42,43);1H/t21-,27-;/m1./s1. The molecule has 2 saturated heterocycles. The van der Waals surface area contributed by atoms with Gasteiger partial charge in [0, 0.05) is 17.5 Å². The van der Waals surface area contributed by atoms with Gasteiger partial charge in [-0.05, 0) is 26.8 Å². The first-order chi connectivity index (χ1) is 21.6. The van der Waals surface area contributed by atoms with Crippen molar-refractivity contribution < 1.29 is 70.7 Å². The number of nitrogens with zero attached hydrogens (tertiary/aromatic N) is 4. The van der Waals surface area contributed by atoms with Crippen LogP contribution < -0.4 is 39.6 Å². The number of alkyl halides is 1. The molecule has 0 aliphatic carbocycles. The maximum absolute atomic E-state index is 16.0. The number of likely N-dealkylation sites (N-methyl/N-ethyl adjacent to an activating group) is 1. The second kappa shape index (κ2) is 13.7. The van der Waals surface area contributed by atoms with Crippen LogP contribution in [0.3, 0.4) is 0 Å². The normalized spacial score (nSPS) is 20.7. The number of nitrogens with one attached hydrogen (secondary N) is 1. The second-order valence-corrected chi connectivity index (χ2v) is 13.9. The number of piperazine rings is 1. The van der Waals surface area contributed by atoms with Crippen LogP contribution in [-0.4, -0.2) is 113 Å². The summed E-state index contributed by atoms with van der Waals surface area (Å²) in [6.07, 6.45) is 1.32. The van der Waals surface area contributed by atoms with E-state index in [1.54, 1.807) is 20.8 Å². The number of rotatable bonds is 9. The largest absolute Gasteiger partial charge is 1.00 e. The van der Waals surface area contributed by atoms with Crippen molar-refractivity contribution in [1.29, 1.82) is 0 Å². The fourth-order valence-corrected chi connectivity index (χ4v) is 7.54. The Morgan fingerprint density at radius 1 is 1.21 bits per heavy atom. The number of aromatic carboxylic acids is 1. The number of pyridine rings is 1. The summed E-state index contributed by atoms with van der Waals surface area (Å²) in [6.45, 7) is 5.20. The van der Waals surface area contributed by atoms with Crippen molar-refractivity contribution in [1.82, 2.24) is 14.8 Å². The number of anilines is 1. The molecule has 4 heterocycles. The summed E-state index contributed by atoms with van der Waals surface area (Å²) in [5, 5.41) is 10.9. The fraction of sp³-hybridized carbons (Fsp3) is 0.500. The first-order valence-corrected chi connectivity index (χ1v) is 15.7. The highest BCUT2D eigenvalue weighted by Gasteiger charge is 2.54. The highest BCUT2D eigenvalue weighted by molar-refractivity contribution is 8.00. The Morgan fingerprint density at radius 2 is 1.87 bits per heavy atom. The number of thioether (sulfide) groups is 1. The number of amides is 2. The fourth-order valence-electron chi connectivity index (χ4n) is 6.19. The Morgan fingerprint density at radius 3 is 2.45 bits per heavy atom. The lowest BCUT2D eigenvalue weighted by Crippen LogP contribution is -3.00. The number of aryl methyl sites for hydroxylation is 1. The molecular formula is C30H35F3IN5O7S. The van der Waals surface area contributed by atoms with Crippen molar-refractivity contribution in [2.75, 3.05) is 57.1 Å². The van der Waals surface area contributed by atoms with E-state index in [-0.39, 0.29) is 48.3 Å². The number of aromatic nitrogens is 1. The third kappa shape index (κ3) is 6.83. The molecule has 0 radical (unpaired) electrons. The van der Waals surface area contributed by atoms with Crippen LogP contribution in [0.15, 0.2) is 28.3 Å². The first kappa shape index (κ1) is 36.5. The van der Waals surface area contributed by atoms with Gasteiger partial charge in [-0.1, -0.05) is 0 Å². The van der Waals surface area contributed by atoms with Crippen molar-refractivity contribution in [3.05, 3.63) is 51.0 Å². The Bertz CT molecular complexity index is 1720. The molecule has 256 valence electrons. The zero-order valence-electron chi connectivity index (χ0n) is 26.1. The number of ether oxygens (including phenoxy) is 1. The number of benzene rings is 1. The van der Waals surface area contributed by atoms with E-state index in [9.17, 15) is 33.5 Å².